The Morgan fingerprint density at radius 3 is 2.70 bits per heavy atom. The number of rotatable bonds is 5. The highest BCUT2D eigenvalue weighted by Gasteiger charge is 2.19. The van der Waals surface area contributed by atoms with Crippen LogP contribution in [-0.2, 0) is 0 Å². The SMILES string of the molecule is Nc1ccc(F)c(C(=O)NCCCN2CCCC2)c1F. The van der Waals surface area contributed by atoms with Crippen molar-refractivity contribution >= 4 is 11.6 Å². The number of benzene rings is 1. The molecule has 0 radical (unpaired) electrons. The first-order valence-corrected chi connectivity index (χ1v) is 6.83. The van der Waals surface area contributed by atoms with E-state index in [0.29, 0.717) is 6.54 Å². The van der Waals surface area contributed by atoms with Crippen molar-refractivity contribution in [2.24, 2.45) is 0 Å². The molecule has 1 amide bonds. The molecule has 0 saturated carbocycles. The van der Waals surface area contributed by atoms with Crippen LogP contribution in [0.1, 0.15) is 29.6 Å². The number of likely N-dealkylation sites (tertiary alicyclic amines) is 1. The highest BCUT2D eigenvalue weighted by atomic mass is 19.1. The van der Waals surface area contributed by atoms with Crippen LogP contribution < -0.4 is 11.1 Å². The van der Waals surface area contributed by atoms with Crippen molar-refractivity contribution in [3.63, 3.8) is 0 Å². The Bertz CT molecular complexity index is 488. The topological polar surface area (TPSA) is 58.4 Å². The monoisotopic (exact) mass is 283 g/mol. The van der Waals surface area contributed by atoms with Crippen LogP contribution in [0.2, 0.25) is 0 Å². The summed E-state index contributed by atoms with van der Waals surface area (Å²) in [6, 6.07) is 2.10. The van der Waals surface area contributed by atoms with Crippen LogP contribution >= 0.6 is 0 Å². The van der Waals surface area contributed by atoms with Crippen molar-refractivity contribution in [3.05, 3.63) is 29.3 Å². The highest BCUT2D eigenvalue weighted by Crippen LogP contribution is 2.18. The van der Waals surface area contributed by atoms with Gasteiger partial charge in [0.05, 0.1) is 5.69 Å². The maximum Gasteiger partial charge on any atom is 0.257 e. The van der Waals surface area contributed by atoms with E-state index in [-0.39, 0.29) is 5.69 Å². The smallest absolute Gasteiger partial charge is 0.257 e. The Kier molecular flexibility index (Phi) is 4.89. The van der Waals surface area contributed by atoms with Gasteiger partial charge in [0, 0.05) is 6.54 Å². The first kappa shape index (κ1) is 14.7. The number of carbonyl (C=O) groups is 1. The molecule has 1 heterocycles. The Balaban J connectivity index is 1.84. The van der Waals surface area contributed by atoms with E-state index in [2.05, 4.69) is 10.2 Å². The molecule has 0 bridgehead atoms. The van der Waals surface area contributed by atoms with E-state index in [9.17, 15) is 13.6 Å². The van der Waals surface area contributed by atoms with E-state index < -0.39 is 23.1 Å². The summed E-state index contributed by atoms with van der Waals surface area (Å²) in [5.74, 6) is -2.65. The van der Waals surface area contributed by atoms with Gasteiger partial charge in [0.25, 0.3) is 5.91 Å². The molecule has 1 aromatic rings. The van der Waals surface area contributed by atoms with E-state index in [1.807, 2.05) is 0 Å². The average molecular weight is 283 g/mol. The number of anilines is 1. The number of nitrogens with one attached hydrogen (secondary N) is 1. The number of nitrogens with zero attached hydrogens (tertiary/aromatic N) is 1. The van der Waals surface area contributed by atoms with Crippen LogP contribution in [0.25, 0.3) is 0 Å². The lowest BCUT2D eigenvalue weighted by Crippen LogP contribution is -2.30. The predicted octanol–water partition coefficient (Wildman–Crippen LogP) is 1.76. The molecular formula is C14H19F2N3O. The molecule has 2 rings (SSSR count). The fourth-order valence-electron chi connectivity index (χ4n) is 2.38. The molecule has 3 N–H and O–H groups in total. The number of halogens is 2. The quantitative estimate of drug-likeness (QED) is 0.639. The molecule has 0 aromatic heterocycles. The van der Waals surface area contributed by atoms with E-state index in [1.54, 1.807) is 0 Å². The second-order valence-corrected chi connectivity index (χ2v) is 4.98. The van der Waals surface area contributed by atoms with Crippen molar-refractivity contribution in [3.8, 4) is 0 Å². The summed E-state index contributed by atoms with van der Waals surface area (Å²) in [6.07, 6.45) is 3.19. The van der Waals surface area contributed by atoms with Crippen LogP contribution in [0.4, 0.5) is 14.5 Å². The number of nitrogen functional groups attached to an aromatic ring is 1. The van der Waals surface area contributed by atoms with E-state index in [0.717, 1.165) is 38.2 Å². The number of hydrogen-bond donors (Lipinski definition) is 2. The second kappa shape index (κ2) is 6.65. The van der Waals surface area contributed by atoms with Gasteiger partial charge in [-0.15, -0.1) is 0 Å². The molecule has 110 valence electrons. The summed E-state index contributed by atoms with van der Waals surface area (Å²) >= 11 is 0. The van der Waals surface area contributed by atoms with Gasteiger partial charge >= 0.3 is 0 Å². The summed E-state index contributed by atoms with van der Waals surface area (Å²) in [4.78, 5) is 14.1. The molecule has 0 atom stereocenters. The largest absolute Gasteiger partial charge is 0.396 e. The third kappa shape index (κ3) is 3.45. The molecule has 1 aliphatic heterocycles. The van der Waals surface area contributed by atoms with E-state index in [1.165, 1.54) is 12.8 Å². The molecule has 0 unspecified atom stereocenters. The summed E-state index contributed by atoms with van der Waals surface area (Å²) in [5.41, 5.74) is 4.50. The Hall–Kier alpha value is -1.69. The van der Waals surface area contributed by atoms with Crippen molar-refractivity contribution in [1.82, 2.24) is 10.2 Å². The van der Waals surface area contributed by atoms with E-state index >= 15 is 0 Å². The number of nitrogens with two attached hydrogens (primary N) is 1. The Morgan fingerprint density at radius 1 is 1.30 bits per heavy atom. The molecule has 20 heavy (non-hydrogen) atoms. The lowest BCUT2D eigenvalue weighted by atomic mass is 10.1. The zero-order chi connectivity index (χ0) is 14.5. The van der Waals surface area contributed by atoms with E-state index in [4.69, 9.17) is 5.73 Å². The van der Waals surface area contributed by atoms with Crippen LogP contribution in [-0.4, -0.2) is 37.0 Å². The van der Waals surface area contributed by atoms with Gasteiger partial charge < -0.3 is 16.0 Å². The molecular weight excluding hydrogens is 264 g/mol. The van der Waals surface area contributed by atoms with Crippen molar-refractivity contribution < 1.29 is 13.6 Å². The van der Waals surface area contributed by atoms with Crippen molar-refractivity contribution in [1.29, 1.82) is 0 Å². The molecule has 0 aliphatic carbocycles. The molecule has 1 saturated heterocycles. The van der Waals surface area contributed by atoms with Gasteiger partial charge in [0.15, 0.2) is 5.82 Å². The lowest BCUT2D eigenvalue weighted by molar-refractivity contribution is 0.0943. The highest BCUT2D eigenvalue weighted by molar-refractivity contribution is 5.95. The molecule has 6 heteroatoms. The first-order valence-electron chi connectivity index (χ1n) is 6.83. The molecule has 0 spiro atoms. The van der Waals surface area contributed by atoms with Crippen LogP contribution in [0, 0.1) is 11.6 Å². The third-order valence-corrected chi connectivity index (χ3v) is 3.48. The maximum absolute atomic E-state index is 13.6. The van der Waals surface area contributed by atoms with Gasteiger partial charge in [0.2, 0.25) is 0 Å². The van der Waals surface area contributed by atoms with Crippen LogP contribution in [0.15, 0.2) is 12.1 Å². The fourth-order valence-corrected chi connectivity index (χ4v) is 2.38. The Morgan fingerprint density at radius 2 is 2.00 bits per heavy atom. The third-order valence-electron chi connectivity index (χ3n) is 3.48. The van der Waals surface area contributed by atoms with Crippen LogP contribution in [0.5, 0.6) is 0 Å². The summed E-state index contributed by atoms with van der Waals surface area (Å²) in [7, 11) is 0. The second-order valence-electron chi connectivity index (χ2n) is 4.98. The molecule has 4 nitrogen and oxygen atoms in total. The zero-order valence-corrected chi connectivity index (χ0v) is 11.3. The fraction of sp³-hybridized carbons (Fsp3) is 0.500. The summed E-state index contributed by atoms with van der Waals surface area (Å²) in [5, 5.41) is 2.53. The van der Waals surface area contributed by atoms with Gasteiger partial charge in [-0.3, -0.25) is 4.79 Å². The standard InChI is InChI=1S/C14H19F2N3O/c15-10-4-5-11(17)13(16)12(10)14(20)18-6-3-9-19-7-1-2-8-19/h4-5H,1-3,6-9,17H2,(H,18,20). The zero-order valence-electron chi connectivity index (χ0n) is 11.3. The van der Waals surface area contributed by atoms with Gasteiger partial charge in [0.1, 0.15) is 11.4 Å². The molecule has 1 aromatic carbocycles. The van der Waals surface area contributed by atoms with Gasteiger partial charge in [-0.1, -0.05) is 0 Å². The molecule has 1 aliphatic rings. The lowest BCUT2D eigenvalue weighted by Gasteiger charge is -2.14. The Labute approximate surface area is 116 Å². The minimum Gasteiger partial charge on any atom is -0.396 e. The minimum absolute atomic E-state index is 0.228. The van der Waals surface area contributed by atoms with Crippen molar-refractivity contribution in [2.75, 3.05) is 31.9 Å². The van der Waals surface area contributed by atoms with Crippen LogP contribution in [0.3, 0.4) is 0 Å². The minimum atomic E-state index is -0.998. The number of hydrogen-bond acceptors (Lipinski definition) is 3. The number of carbonyl (C=O) groups excluding carboxylic acids is 1. The van der Waals surface area contributed by atoms with Gasteiger partial charge in [-0.2, -0.15) is 0 Å². The number of amides is 1. The van der Waals surface area contributed by atoms with Gasteiger partial charge in [-0.05, 0) is 51.0 Å². The average Bonchev–Trinajstić information content (AvgIpc) is 2.93. The van der Waals surface area contributed by atoms with Gasteiger partial charge in [-0.25, -0.2) is 8.78 Å². The maximum atomic E-state index is 13.6. The normalized spacial score (nSPS) is 15.5. The van der Waals surface area contributed by atoms with Crippen molar-refractivity contribution in [2.45, 2.75) is 19.3 Å². The summed E-state index contributed by atoms with van der Waals surface area (Å²) in [6.45, 7) is 3.46. The molecule has 1 fully saturated rings. The summed E-state index contributed by atoms with van der Waals surface area (Å²) < 4.78 is 27.1. The predicted molar refractivity (Wildman–Crippen MR) is 73.4 cm³/mol. The first-order chi connectivity index (χ1) is 9.59.